The molecule has 1 saturated carbocycles. The van der Waals surface area contributed by atoms with Crippen molar-refractivity contribution in [3.05, 3.63) is 24.3 Å². The van der Waals surface area contributed by atoms with Gasteiger partial charge in [-0.3, -0.25) is 0 Å². The quantitative estimate of drug-likeness (QED) is 0.883. The SMILES string of the molecule is CC1(C)C(NS(=O)(=O)c2ccc(O)cc2)C1(C)C. The highest BCUT2D eigenvalue weighted by atomic mass is 32.2. The lowest BCUT2D eigenvalue weighted by Crippen LogP contribution is -2.29. The van der Waals surface area contributed by atoms with E-state index in [9.17, 15) is 8.42 Å². The van der Waals surface area contributed by atoms with Crippen LogP contribution >= 0.6 is 0 Å². The molecule has 18 heavy (non-hydrogen) atoms. The second-order valence-corrected chi connectivity index (χ2v) is 7.71. The van der Waals surface area contributed by atoms with Crippen molar-refractivity contribution >= 4 is 10.0 Å². The van der Waals surface area contributed by atoms with E-state index >= 15 is 0 Å². The minimum atomic E-state index is -3.52. The molecule has 0 amide bonds. The van der Waals surface area contributed by atoms with Crippen molar-refractivity contribution < 1.29 is 13.5 Å². The van der Waals surface area contributed by atoms with Crippen LogP contribution in [0.2, 0.25) is 0 Å². The maximum absolute atomic E-state index is 12.2. The van der Waals surface area contributed by atoms with Crippen LogP contribution in [0, 0.1) is 10.8 Å². The van der Waals surface area contributed by atoms with E-state index in [0.29, 0.717) is 0 Å². The number of aromatic hydroxyl groups is 1. The Morgan fingerprint density at radius 2 is 1.50 bits per heavy atom. The van der Waals surface area contributed by atoms with E-state index < -0.39 is 10.0 Å². The molecule has 0 aromatic heterocycles. The van der Waals surface area contributed by atoms with E-state index in [1.807, 2.05) is 0 Å². The van der Waals surface area contributed by atoms with E-state index in [1.165, 1.54) is 24.3 Å². The van der Waals surface area contributed by atoms with Crippen LogP contribution in [0.4, 0.5) is 0 Å². The van der Waals surface area contributed by atoms with Crippen LogP contribution in [0.3, 0.4) is 0 Å². The standard InChI is InChI=1S/C13H19NO3S/c1-12(2)11(13(12,3)4)14-18(16,17)10-7-5-9(15)6-8-10/h5-8,11,14-15H,1-4H3. The molecule has 0 bridgehead atoms. The van der Waals surface area contributed by atoms with Crippen LogP contribution in [0.5, 0.6) is 5.75 Å². The number of sulfonamides is 1. The zero-order chi connectivity index (χ0) is 13.8. The van der Waals surface area contributed by atoms with E-state index in [0.717, 1.165) is 0 Å². The van der Waals surface area contributed by atoms with Crippen LogP contribution in [-0.2, 0) is 10.0 Å². The first-order valence-corrected chi connectivity index (χ1v) is 7.39. The van der Waals surface area contributed by atoms with Gasteiger partial charge in [0.25, 0.3) is 0 Å². The summed E-state index contributed by atoms with van der Waals surface area (Å²) in [6, 6.07) is 5.49. The molecule has 0 radical (unpaired) electrons. The van der Waals surface area contributed by atoms with Crippen molar-refractivity contribution in [2.75, 3.05) is 0 Å². The minimum absolute atomic E-state index is 0.0447. The molecule has 0 atom stereocenters. The molecule has 1 fully saturated rings. The predicted molar refractivity (Wildman–Crippen MR) is 69.8 cm³/mol. The first-order chi connectivity index (χ1) is 8.09. The summed E-state index contributed by atoms with van der Waals surface area (Å²) < 4.78 is 27.1. The third-order valence-electron chi connectivity index (χ3n) is 4.44. The summed E-state index contributed by atoms with van der Waals surface area (Å²) in [4.78, 5) is 0.179. The number of phenolic OH excluding ortho intramolecular Hbond substituents is 1. The first kappa shape index (κ1) is 13.4. The fraction of sp³-hybridized carbons (Fsp3) is 0.538. The molecular formula is C13H19NO3S. The zero-order valence-electron chi connectivity index (χ0n) is 11.1. The molecule has 2 rings (SSSR count). The van der Waals surface area contributed by atoms with Gasteiger partial charge < -0.3 is 5.11 Å². The molecule has 5 heteroatoms. The Hall–Kier alpha value is -1.07. The summed E-state index contributed by atoms with van der Waals surface area (Å²) in [6.07, 6.45) is 0. The number of benzene rings is 1. The topological polar surface area (TPSA) is 66.4 Å². The Kier molecular flexibility index (Phi) is 2.76. The van der Waals surface area contributed by atoms with E-state index in [-0.39, 0.29) is 27.5 Å². The van der Waals surface area contributed by atoms with Gasteiger partial charge >= 0.3 is 0 Å². The zero-order valence-corrected chi connectivity index (χ0v) is 11.9. The van der Waals surface area contributed by atoms with Gasteiger partial charge in [0.2, 0.25) is 10.0 Å². The fourth-order valence-corrected chi connectivity index (χ4v) is 3.87. The number of rotatable bonds is 3. The monoisotopic (exact) mass is 269 g/mol. The highest BCUT2D eigenvalue weighted by molar-refractivity contribution is 7.89. The molecular weight excluding hydrogens is 250 g/mol. The summed E-state index contributed by atoms with van der Waals surface area (Å²) in [5, 5.41) is 9.17. The van der Waals surface area contributed by atoms with E-state index in [1.54, 1.807) is 0 Å². The molecule has 2 N–H and O–H groups in total. The Morgan fingerprint density at radius 1 is 1.06 bits per heavy atom. The molecule has 4 nitrogen and oxygen atoms in total. The molecule has 1 aromatic rings. The van der Waals surface area contributed by atoms with Crippen molar-refractivity contribution in [1.82, 2.24) is 4.72 Å². The van der Waals surface area contributed by atoms with Crippen molar-refractivity contribution in [1.29, 1.82) is 0 Å². The normalized spacial score (nSPS) is 21.8. The van der Waals surface area contributed by atoms with Crippen molar-refractivity contribution in [2.45, 2.75) is 38.6 Å². The van der Waals surface area contributed by atoms with Gasteiger partial charge in [-0.25, -0.2) is 13.1 Å². The predicted octanol–water partition coefficient (Wildman–Crippen LogP) is 2.11. The maximum atomic E-state index is 12.2. The third kappa shape index (κ3) is 1.91. The molecule has 0 aliphatic heterocycles. The third-order valence-corrected chi connectivity index (χ3v) is 5.88. The largest absolute Gasteiger partial charge is 0.508 e. The molecule has 0 saturated heterocycles. The number of hydrogen-bond donors (Lipinski definition) is 2. The fourth-order valence-electron chi connectivity index (χ4n) is 2.34. The van der Waals surface area contributed by atoms with Crippen LogP contribution in [0.1, 0.15) is 27.7 Å². The summed E-state index contributed by atoms with van der Waals surface area (Å²) in [7, 11) is -3.52. The van der Waals surface area contributed by atoms with Gasteiger partial charge in [-0.2, -0.15) is 0 Å². The summed E-state index contributed by atoms with van der Waals surface area (Å²) >= 11 is 0. The highest BCUT2D eigenvalue weighted by Crippen LogP contribution is 2.62. The smallest absolute Gasteiger partial charge is 0.240 e. The second kappa shape index (κ2) is 3.71. The van der Waals surface area contributed by atoms with Gasteiger partial charge in [0.15, 0.2) is 0 Å². The van der Waals surface area contributed by atoms with Crippen LogP contribution < -0.4 is 4.72 Å². The lowest BCUT2D eigenvalue weighted by Gasteiger charge is -2.08. The van der Waals surface area contributed by atoms with Crippen molar-refractivity contribution in [3.8, 4) is 5.75 Å². The van der Waals surface area contributed by atoms with E-state index in [2.05, 4.69) is 32.4 Å². The molecule has 1 aliphatic carbocycles. The molecule has 0 heterocycles. The molecule has 0 spiro atoms. The van der Waals surface area contributed by atoms with Gasteiger partial charge in [0, 0.05) is 6.04 Å². The molecule has 0 unspecified atom stereocenters. The molecule has 1 aromatic carbocycles. The Morgan fingerprint density at radius 3 is 1.89 bits per heavy atom. The van der Waals surface area contributed by atoms with Gasteiger partial charge in [-0.05, 0) is 35.1 Å². The number of phenols is 1. The van der Waals surface area contributed by atoms with Crippen LogP contribution in [-0.4, -0.2) is 19.6 Å². The van der Waals surface area contributed by atoms with Gasteiger partial charge in [-0.15, -0.1) is 0 Å². The van der Waals surface area contributed by atoms with Crippen molar-refractivity contribution in [3.63, 3.8) is 0 Å². The second-order valence-electron chi connectivity index (χ2n) is 5.99. The average molecular weight is 269 g/mol. The number of nitrogens with one attached hydrogen (secondary N) is 1. The van der Waals surface area contributed by atoms with Crippen LogP contribution in [0.15, 0.2) is 29.2 Å². The highest BCUT2D eigenvalue weighted by Gasteiger charge is 2.65. The lowest BCUT2D eigenvalue weighted by molar-refractivity contribution is 0.457. The van der Waals surface area contributed by atoms with Gasteiger partial charge in [0.1, 0.15) is 5.75 Å². The minimum Gasteiger partial charge on any atom is -0.508 e. The van der Waals surface area contributed by atoms with E-state index in [4.69, 9.17) is 5.11 Å². The Balaban J connectivity index is 2.22. The molecule has 1 aliphatic rings. The summed E-state index contributed by atoms with van der Waals surface area (Å²) in [5.41, 5.74) is -0.0893. The Bertz CT molecular complexity index is 544. The van der Waals surface area contributed by atoms with Gasteiger partial charge in [0.05, 0.1) is 4.90 Å². The molecule has 100 valence electrons. The average Bonchev–Trinajstić information content (AvgIpc) is 2.61. The lowest BCUT2D eigenvalue weighted by atomic mass is 10.0. The van der Waals surface area contributed by atoms with Crippen LogP contribution in [0.25, 0.3) is 0 Å². The Labute approximate surface area is 108 Å². The first-order valence-electron chi connectivity index (χ1n) is 5.90. The maximum Gasteiger partial charge on any atom is 0.240 e. The van der Waals surface area contributed by atoms with Gasteiger partial charge in [-0.1, -0.05) is 27.7 Å². The summed E-state index contributed by atoms with van der Waals surface area (Å²) in [6.45, 7) is 8.21. The van der Waals surface area contributed by atoms with Crippen molar-refractivity contribution in [2.24, 2.45) is 10.8 Å². The number of hydrogen-bond acceptors (Lipinski definition) is 3. The summed E-state index contributed by atoms with van der Waals surface area (Å²) in [5.74, 6) is 0.0565.